The predicted molar refractivity (Wildman–Crippen MR) is 151 cm³/mol. The molecule has 38 heavy (non-hydrogen) atoms. The summed E-state index contributed by atoms with van der Waals surface area (Å²) in [5, 5.41) is 8.37. The number of hydrogen-bond acceptors (Lipinski definition) is 8. The van der Waals surface area contributed by atoms with Crippen molar-refractivity contribution in [2.75, 3.05) is 39.2 Å². The normalized spacial score (nSPS) is 13.0. The molecule has 0 bridgehead atoms. The minimum atomic E-state index is -0.106. The Balaban J connectivity index is 1.19. The molecule has 4 aromatic rings. The molecule has 0 saturated carbocycles. The number of fused-ring (bicyclic) bond motifs is 1. The van der Waals surface area contributed by atoms with Crippen molar-refractivity contribution in [1.82, 2.24) is 20.2 Å². The minimum Gasteiger partial charge on any atom is -0.493 e. The summed E-state index contributed by atoms with van der Waals surface area (Å²) in [7, 11) is 3.31. The van der Waals surface area contributed by atoms with Crippen LogP contribution in [0.25, 0.3) is 10.6 Å². The fourth-order valence-electron chi connectivity index (χ4n) is 4.56. The number of amides is 1. The average Bonchev–Trinajstić information content (AvgIpc) is 3.49. The highest BCUT2D eigenvalue weighted by Gasteiger charge is 2.19. The van der Waals surface area contributed by atoms with Gasteiger partial charge in [-0.15, -0.1) is 11.3 Å². The minimum absolute atomic E-state index is 0.106. The van der Waals surface area contributed by atoms with E-state index in [4.69, 9.17) is 9.47 Å². The van der Waals surface area contributed by atoms with E-state index in [0.29, 0.717) is 18.1 Å². The largest absolute Gasteiger partial charge is 0.493 e. The van der Waals surface area contributed by atoms with Crippen LogP contribution < -0.4 is 20.1 Å². The second-order valence-electron chi connectivity index (χ2n) is 9.16. The summed E-state index contributed by atoms with van der Waals surface area (Å²) in [6.07, 6.45) is 2.67. The monoisotopic (exact) mass is 529 g/mol. The number of aryl methyl sites for hydroxylation is 1. The van der Waals surface area contributed by atoms with Gasteiger partial charge in [0.15, 0.2) is 11.5 Å². The third-order valence-electron chi connectivity index (χ3n) is 6.69. The van der Waals surface area contributed by atoms with Crippen molar-refractivity contribution in [1.29, 1.82) is 0 Å². The molecule has 3 heterocycles. The summed E-state index contributed by atoms with van der Waals surface area (Å²) in [6, 6.07) is 15.7. The number of ether oxygens (including phenoxy) is 2. The summed E-state index contributed by atoms with van der Waals surface area (Å²) in [4.78, 5) is 25.4. The van der Waals surface area contributed by atoms with Crippen LogP contribution in [0.4, 0.5) is 11.6 Å². The number of carbonyl (C=O) groups excluding carboxylic acids is 1. The van der Waals surface area contributed by atoms with Gasteiger partial charge in [0.25, 0.3) is 5.91 Å². The number of carbonyl (C=O) groups is 1. The Hall–Kier alpha value is -3.95. The first-order valence-corrected chi connectivity index (χ1v) is 13.4. The maximum Gasteiger partial charge on any atom is 0.251 e. The summed E-state index contributed by atoms with van der Waals surface area (Å²) < 4.78 is 10.9. The second kappa shape index (κ2) is 11.6. The van der Waals surface area contributed by atoms with Gasteiger partial charge in [-0.25, -0.2) is 9.97 Å². The van der Waals surface area contributed by atoms with E-state index in [1.807, 2.05) is 48.7 Å². The van der Waals surface area contributed by atoms with Gasteiger partial charge in [-0.1, -0.05) is 12.1 Å². The number of nitrogens with zero attached hydrogens (tertiary/aromatic N) is 3. The molecule has 0 saturated heterocycles. The Morgan fingerprint density at radius 3 is 2.66 bits per heavy atom. The van der Waals surface area contributed by atoms with Crippen molar-refractivity contribution >= 4 is 28.9 Å². The Morgan fingerprint density at radius 1 is 1.08 bits per heavy atom. The molecule has 0 fully saturated rings. The Kier molecular flexibility index (Phi) is 7.86. The van der Waals surface area contributed by atoms with Gasteiger partial charge in [0.2, 0.25) is 5.95 Å². The van der Waals surface area contributed by atoms with Crippen LogP contribution in [-0.2, 0) is 13.0 Å². The zero-order valence-electron chi connectivity index (χ0n) is 21.8. The summed E-state index contributed by atoms with van der Waals surface area (Å²) in [6.45, 7) is 5.06. The first-order valence-electron chi connectivity index (χ1n) is 12.5. The average molecular weight is 530 g/mol. The Labute approximate surface area is 226 Å². The van der Waals surface area contributed by atoms with Gasteiger partial charge in [0.1, 0.15) is 0 Å². The molecule has 2 aromatic carbocycles. The van der Waals surface area contributed by atoms with Gasteiger partial charge >= 0.3 is 0 Å². The van der Waals surface area contributed by atoms with E-state index in [-0.39, 0.29) is 5.91 Å². The van der Waals surface area contributed by atoms with Crippen molar-refractivity contribution < 1.29 is 14.3 Å². The van der Waals surface area contributed by atoms with E-state index in [9.17, 15) is 4.79 Å². The molecule has 2 N–H and O–H groups in total. The topological polar surface area (TPSA) is 88.6 Å². The molecule has 5 rings (SSSR count). The number of nitrogens with one attached hydrogen (secondary N) is 2. The molecule has 9 heteroatoms. The van der Waals surface area contributed by atoms with Gasteiger partial charge < -0.3 is 20.1 Å². The number of rotatable bonds is 9. The van der Waals surface area contributed by atoms with Crippen molar-refractivity contribution in [3.05, 3.63) is 82.4 Å². The van der Waals surface area contributed by atoms with Crippen LogP contribution in [-0.4, -0.2) is 54.6 Å². The fourth-order valence-corrected chi connectivity index (χ4v) is 5.26. The van der Waals surface area contributed by atoms with Crippen molar-refractivity contribution in [3.63, 3.8) is 0 Å². The van der Waals surface area contributed by atoms with Crippen LogP contribution in [0.2, 0.25) is 0 Å². The molecule has 8 nitrogen and oxygen atoms in total. The van der Waals surface area contributed by atoms with Crippen LogP contribution >= 0.6 is 11.3 Å². The third kappa shape index (κ3) is 5.79. The molecular weight excluding hydrogens is 498 g/mol. The molecule has 196 valence electrons. The quantitative estimate of drug-likeness (QED) is 0.313. The molecule has 0 spiro atoms. The maximum atomic E-state index is 12.9. The third-order valence-corrected chi connectivity index (χ3v) is 7.58. The highest BCUT2D eigenvalue weighted by Crippen LogP contribution is 2.33. The molecule has 0 radical (unpaired) electrons. The van der Waals surface area contributed by atoms with Crippen LogP contribution in [0.3, 0.4) is 0 Å². The maximum absolute atomic E-state index is 12.9. The first-order chi connectivity index (χ1) is 18.5. The van der Waals surface area contributed by atoms with Gasteiger partial charge in [-0.2, -0.15) is 0 Å². The lowest BCUT2D eigenvalue weighted by Crippen LogP contribution is -2.37. The molecular formula is C29H31N5O3S. The van der Waals surface area contributed by atoms with Gasteiger partial charge in [-0.05, 0) is 71.8 Å². The van der Waals surface area contributed by atoms with E-state index < -0.39 is 0 Å². The predicted octanol–water partition coefficient (Wildman–Crippen LogP) is 5.06. The van der Waals surface area contributed by atoms with E-state index in [2.05, 4.69) is 37.6 Å². The van der Waals surface area contributed by atoms with E-state index in [0.717, 1.165) is 59.4 Å². The zero-order chi connectivity index (χ0) is 26.5. The molecule has 1 aliphatic rings. The number of methoxy groups -OCH3 is 2. The molecule has 0 aliphatic carbocycles. The SMILES string of the molecule is COc1cc2c(cc1OC)CN(CCNC(=O)c1ccc(C)c(Nc3nccc(-c4cccs4)n3)c1)CC2. The number of anilines is 2. The van der Waals surface area contributed by atoms with E-state index in [1.54, 1.807) is 31.8 Å². The van der Waals surface area contributed by atoms with Crippen LogP contribution in [0, 0.1) is 6.92 Å². The second-order valence-corrected chi connectivity index (χ2v) is 10.1. The molecule has 0 unspecified atom stereocenters. The standard InChI is InChI=1S/C29H31N5O3S/c1-19-6-7-21(15-24(19)33-29-31-10-8-23(32-29)27-5-4-14-38-27)28(35)30-11-13-34-12-9-20-16-25(36-2)26(37-3)17-22(20)18-34/h4-8,10,14-17H,9,11-13,18H2,1-3H3,(H,30,35)(H,31,32,33). The summed E-state index contributed by atoms with van der Waals surface area (Å²) in [5.74, 6) is 1.90. The van der Waals surface area contributed by atoms with Crippen LogP contribution in [0.15, 0.2) is 60.1 Å². The highest BCUT2D eigenvalue weighted by molar-refractivity contribution is 7.13. The van der Waals surface area contributed by atoms with Gasteiger partial charge in [0, 0.05) is 43.6 Å². The lowest BCUT2D eigenvalue weighted by Gasteiger charge is -2.29. The smallest absolute Gasteiger partial charge is 0.251 e. The van der Waals surface area contributed by atoms with Crippen LogP contribution in [0.1, 0.15) is 27.0 Å². The van der Waals surface area contributed by atoms with E-state index in [1.165, 1.54) is 11.1 Å². The lowest BCUT2D eigenvalue weighted by atomic mass is 9.99. The number of hydrogen-bond donors (Lipinski definition) is 2. The Morgan fingerprint density at radius 2 is 1.89 bits per heavy atom. The van der Waals surface area contributed by atoms with Crippen molar-refractivity contribution in [3.8, 4) is 22.1 Å². The zero-order valence-corrected chi connectivity index (χ0v) is 22.6. The molecule has 2 aromatic heterocycles. The van der Waals surface area contributed by atoms with Gasteiger partial charge in [-0.3, -0.25) is 9.69 Å². The number of thiophene rings is 1. The lowest BCUT2D eigenvalue weighted by molar-refractivity contribution is 0.0947. The van der Waals surface area contributed by atoms with E-state index >= 15 is 0 Å². The first kappa shape index (κ1) is 25.7. The van der Waals surface area contributed by atoms with Crippen LogP contribution in [0.5, 0.6) is 11.5 Å². The summed E-state index contributed by atoms with van der Waals surface area (Å²) in [5.41, 5.74) is 5.78. The highest BCUT2D eigenvalue weighted by atomic mass is 32.1. The van der Waals surface area contributed by atoms with Crippen molar-refractivity contribution in [2.24, 2.45) is 0 Å². The van der Waals surface area contributed by atoms with Crippen molar-refractivity contribution in [2.45, 2.75) is 19.9 Å². The Bertz CT molecular complexity index is 1420. The number of aromatic nitrogens is 2. The van der Waals surface area contributed by atoms with Gasteiger partial charge in [0.05, 0.1) is 24.8 Å². The molecule has 1 aliphatic heterocycles. The summed E-state index contributed by atoms with van der Waals surface area (Å²) >= 11 is 1.63. The number of benzene rings is 2. The molecule has 0 atom stereocenters. The molecule has 1 amide bonds. The fraction of sp³-hybridized carbons (Fsp3) is 0.276.